The molecule has 0 aliphatic carbocycles. The minimum absolute atomic E-state index is 0.00129. The van der Waals surface area contributed by atoms with Gasteiger partial charge in [-0.2, -0.15) is 4.98 Å². The van der Waals surface area contributed by atoms with Gasteiger partial charge in [-0.1, -0.05) is 31.1 Å². The first-order valence-electron chi connectivity index (χ1n) is 8.67. The highest BCUT2D eigenvalue weighted by atomic mass is 16.5. The number of amides is 1. The van der Waals surface area contributed by atoms with Gasteiger partial charge in [0.25, 0.3) is 5.91 Å². The van der Waals surface area contributed by atoms with E-state index in [0.717, 1.165) is 18.5 Å². The fourth-order valence-corrected chi connectivity index (χ4v) is 3.02. The zero-order valence-electron chi connectivity index (χ0n) is 14.6. The summed E-state index contributed by atoms with van der Waals surface area (Å²) in [5, 5.41) is 16.6. The van der Waals surface area contributed by atoms with Crippen LogP contribution in [0, 0.1) is 0 Å². The number of hydrogen-bond donors (Lipinski definition) is 2. The van der Waals surface area contributed by atoms with Crippen LogP contribution in [0.15, 0.2) is 28.8 Å². The number of para-hydroxylation sites is 1. The number of rotatable bonds is 6. The number of carbonyl (C=O) groups is 1. The lowest BCUT2D eigenvalue weighted by atomic mass is 10.1. The maximum atomic E-state index is 12.9. The van der Waals surface area contributed by atoms with Gasteiger partial charge in [0.1, 0.15) is 0 Å². The molecular formula is C18H24N4O3. The van der Waals surface area contributed by atoms with Crippen molar-refractivity contribution >= 4 is 11.6 Å². The summed E-state index contributed by atoms with van der Waals surface area (Å²) in [5.41, 5.74) is 1.31. The summed E-state index contributed by atoms with van der Waals surface area (Å²) >= 11 is 0. The number of anilines is 1. The molecule has 1 amide bonds. The van der Waals surface area contributed by atoms with Gasteiger partial charge in [0.2, 0.25) is 5.89 Å². The van der Waals surface area contributed by atoms with E-state index in [2.05, 4.69) is 15.5 Å². The molecule has 3 rings (SSSR count). The Balaban J connectivity index is 1.73. The fraction of sp³-hybridized carbons (Fsp3) is 0.500. The number of hydrogen-bond acceptors (Lipinski definition) is 6. The quantitative estimate of drug-likeness (QED) is 0.836. The van der Waals surface area contributed by atoms with E-state index in [1.54, 1.807) is 11.0 Å². The minimum Gasteiger partial charge on any atom is -0.394 e. The Morgan fingerprint density at radius 2 is 2.24 bits per heavy atom. The number of benzene rings is 1. The topological polar surface area (TPSA) is 91.5 Å². The first-order chi connectivity index (χ1) is 12.1. The Labute approximate surface area is 147 Å². The van der Waals surface area contributed by atoms with Crippen molar-refractivity contribution in [3.05, 3.63) is 41.5 Å². The lowest BCUT2D eigenvalue weighted by Crippen LogP contribution is -2.37. The van der Waals surface area contributed by atoms with Crippen LogP contribution in [0.25, 0.3) is 0 Å². The summed E-state index contributed by atoms with van der Waals surface area (Å²) in [4.78, 5) is 19.0. The van der Waals surface area contributed by atoms with Crippen molar-refractivity contribution < 1.29 is 14.4 Å². The zero-order chi connectivity index (χ0) is 17.8. The van der Waals surface area contributed by atoms with Crippen molar-refractivity contribution in [2.45, 2.75) is 45.2 Å². The number of nitrogens with zero attached hydrogens (tertiary/aromatic N) is 3. The van der Waals surface area contributed by atoms with Crippen molar-refractivity contribution in [1.29, 1.82) is 0 Å². The van der Waals surface area contributed by atoms with Crippen LogP contribution >= 0.6 is 0 Å². The standard InChI is InChI=1S/C18H24N4O3/c1-12(2)17-20-16(25-21-17)10-19-15-8-4-3-7-14(15)18(24)22-9-5-6-13(22)11-23/h3-4,7-8,12-13,19,23H,5-6,9-11H2,1-2H3/t13-/m0/s1. The van der Waals surface area contributed by atoms with E-state index in [4.69, 9.17) is 4.52 Å². The van der Waals surface area contributed by atoms with Gasteiger partial charge in [0, 0.05) is 18.2 Å². The monoisotopic (exact) mass is 344 g/mol. The van der Waals surface area contributed by atoms with Crippen LogP contribution in [-0.4, -0.2) is 45.2 Å². The van der Waals surface area contributed by atoms with Crippen molar-refractivity contribution in [3.8, 4) is 0 Å². The smallest absolute Gasteiger partial charge is 0.256 e. The van der Waals surface area contributed by atoms with Gasteiger partial charge < -0.3 is 19.8 Å². The number of carbonyl (C=O) groups excluding carboxylic acids is 1. The first-order valence-corrected chi connectivity index (χ1v) is 8.67. The largest absolute Gasteiger partial charge is 0.394 e. The summed E-state index contributed by atoms with van der Waals surface area (Å²) in [6.07, 6.45) is 1.77. The van der Waals surface area contributed by atoms with E-state index in [-0.39, 0.29) is 24.5 Å². The van der Waals surface area contributed by atoms with Gasteiger partial charge in [0.05, 0.1) is 24.8 Å². The maximum Gasteiger partial charge on any atom is 0.256 e. The minimum atomic E-state index is -0.0925. The summed E-state index contributed by atoms with van der Waals surface area (Å²) in [6, 6.07) is 7.28. The van der Waals surface area contributed by atoms with Crippen LogP contribution in [-0.2, 0) is 6.54 Å². The van der Waals surface area contributed by atoms with Crippen LogP contribution in [0.5, 0.6) is 0 Å². The second-order valence-electron chi connectivity index (χ2n) is 6.58. The molecule has 1 aromatic heterocycles. The third-order valence-electron chi connectivity index (χ3n) is 4.44. The average molecular weight is 344 g/mol. The highest BCUT2D eigenvalue weighted by molar-refractivity contribution is 5.99. The molecule has 134 valence electrons. The summed E-state index contributed by atoms with van der Waals surface area (Å²) in [7, 11) is 0. The molecule has 0 saturated carbocycles. The van der Waals surface area contributed by atoms with Gasteiger partial charge in [-0.05, 0) is 25.0 Å². The van der Waals surface area contributed by atoms with Gasteiger partial charge in [-0.15, -0.1) is 0 Å². The zero-order valence-corrected chi connectivity index (χ0v) is 14.6. The van der Waals surface area contributed by atoms with E-state index in [1.807, 2.05) is 32.0 Å². The van der Waals surface area contributed by atoms with E-state index in [0.29, 0.717) is 30.4 Å². The highest BCUT2D eigenvalue weighted by Crippen LogP contribution is 2.24. The van der Waals surface area contributed by atoms with Crippen LogP contribution in [0.4, 0.5) is 5.69 Å². The fourth-order valence-electron chi connectivity index (χ4n) is 3.02. The summed E-state index contributed by atoms with van der Waals surface area (Å²) in [6.45, 7) is 5.04. The Kier molecular flexibility index (Phi) is 5.33. The van der Waals surface area contributed by atoms with E-state index in [9.17, 15) is 9.90 Å². The SMILES string of the molecule is CC(C)c1noc(CNc2ccccc2C(=O)N2CCC[C@H]2CO)n1. The molecule has 2 aromatic rings. The molecule has 1 fully saturated rings. The molecule has 1 saturated heterocycles. The molecule has 0 bridgehead atoms. The van der Waals surface area contributed by atoms with E-state index >= 15 is 0 Å². The predicted molar refractivity (Wildman–Crippen MR) is 93.3 cm³/mol. The Hall–Kier alpha value is -2.41. The Morgan fingerprint density at radius 1 is 1.44 bits per heavy atom. The van der Waals surface area contributed by atoms with Crippen molar-refractivity contribution in [3.63, 3.8) is 0 Å². The van der Waals surface area contributed by atoms with Crippen LogP contribution < -0.4 is 5.32 Å². The normalized spacial score (nSPS) is 17.3. The third-order valence-corrected chi connectivity index (χ3v) is 4.44. The number of likely N-dealkylation sites (tertiary alicyclic amines) is 1. The van der Waals surface area contributed by atoms with Crippen LogP contribution in [0.1, 0.15) is 54.7 Å². The second kappa shape index (κ2) is 7.65. The number of aliphatic hydroxyl groups is 1. The summed E-state index contributed by atoms with van der Waals surface area (Å²) in [5.74, 6) is 1.30. The Morgan fingerprint density at radius 3 is 2.96 bits per heavy atom. The molecule has 7 nitrogen and oxygen atoms in total. The van der Waals surface area contributed by atoms with Crippen LogP contribution in [0.2, 0.25) is 0 Å². The molecule has 0 unspecified atom stereocenters. The van der Waals surface area contributed by atoms with E-state index < -0.39 is 0 Å². The van der Waals surface area contributed by atoms with Gasteiger partial charge in [-0.3, -0.25) is 4.79 Å². The highest BCUT2D eigenvalue weighted by Gasteiger charge is 2.29. The van der Waals surface area contributed by atoms with Gasteiger partial charge >= 0.3 is 0 Å². The van der Waals surface area contributed by atoms with Crippen molar-refractivity contribution in [2.75, 3.05) is 18.5 Å². The second-order valence-corrected chi connectivity index (χ2v) is 6.58. The molecule has 1 aliphatic rings. The van der Waals surface area contributed by atoms with Crippen LogP contribution in [0.3, 0.4) is 0 Å². The maximum absolute atomic E-state index is 12.9. The Bertz CT molecular complexity index is 729. The third kappa shape index (κ3) is 3.82. The average Bonchev–Trinajstić information content (AvgIpc) is 3.28. The molecule has 25 heavy (non-hydrogen) atoms. The van der Waals surface area contributed by atoms with Crippen molar-refractivity contribution in [2.24, 2.45) is 0 Å². The molecule has 7 heteroatoms. The number of nitrogens with one attached hydrogen (secondary N) is 1. The molecule has 0 radical (unpaired) electrons. The van der Waals surface area contributed by atoms with E-state index in [1.165, 1.54) is 0 Å². The molecular weight excluding hydrogens is 320 g/mol. The molecule has 2 N–H and O–H groups in total. The van der Waals surface area contributed by atoms with Crippen molar-refractivity contribution in [1.82, 2.24) is 15.0 Å². The lowest BCUT2D eigenvalue weighted by molar-refractivity contribution is 0.0678. The van der Waals surface area contributed by atoms with Gasteiger partial charge in [-0.25, -0.2) is 0 Å². The molecule has 2 heterocycles. The van der Waals surface area contributed by atoms with Gasteiger partial charge in [0.15, 0.2) is 5.82 Å². The number of aliphatic hydroxyl groups excluding tert-OH is 1. The number of aromatic nitrogens is 2. The lowest BCUT2D eigenvalue weighted by Gasteiger charge is -2.24. The molecule has 1 aromatic carbocycles. The molecule has 1 atom stereocenters. The summed E-state index contributed by atoms with van der Waals surface area (Å²) < 4.78 is 5.23. The molecule has 0 spiro atoms. The molecule has 1 aliphatic heterocycles. The predicted octanol–water partition coefficient (Wildman–Crippen LogP) is 2.40. The first kappa shape index (κ1) is 17.4.